The number of rotatable bonds is 3. The van der Waals surface area contributed by atoms with Crippen molar-refractivity contribution in [1.82, 2.24) is 0 Å². The van der Waals surface area contributed by atoms with Crippen LogP contribution >= 0.6 is 27.5 Å². The molecule has 0 amide bonds. The number of furan rings is 1. The maximum Gasteiger partial charge on any atom is 0.379 e. The predicted molar refractivity (Wildman–Crippen MR) is 127 cm³/mol. The summed E-state index contributed by atoms with van der Waals surface area (Å²) in [5.41, 5.74) is 2.36. The highest BCUT2D eigenvalue weighted by atomic mass is 79.9. The minimum Gasteiger partial charge on any atom is -0.449 e. The van der Waals surface area contributed by atoms with Crippen LogP contribution in [0.1, 0.15) is 16.1 Å². The van der Waals surface area contributed by atoms with Crippen LogP contribution < -0.4 is 10.4 Å². The zero-order valence-corrected chi connectivity index (χ0v) is 19.0. The summed E-state index contributed by atoms with van der Waals surface area (Å²) in [7, 11) is 0. The van der Waals surface area contributed by atoms with E-state index in [1.54, 1.807) is 48.5 Å². The zero-order chi connectivity index (χ0) is 22.4. The van der Waals surface area contributed by atoms with Gasteiger partial charge in [0.1, 0.15) is 16.9 Å². The first-order valence-corrected chi connectivity index (χ1v) is 10.8. The summed E-state index contributed by atoms with van der Waals surface area (Å²) in [6.45, 7) is 1.85. The van der Waals surface area contributed by atoms with Crippen LogP contribution in [0.25, 0.3) is 33.1 Å². The van der Waals surface area contributed by atoms with Crippen molar-refractivity contribution >= 4 is 55.4 Å². The smallest absolute Gasteiger partial charge is 0.379 e. The van der Waals surface area contributed by atoms with Gasteiger partial charge in [0.15, 0.2) is 0 Å². The third-order valence-electron chi connectivity index (χ3n) is 5.16. The first-order valence-electron chi connectivity index (χ1n) is 9.64. The van der Waals surface area contributed by atoms with Gasteiger partial charge in [-0.15, -0.1) is 0 Å². The normalized spacial score (nSPS) is 11.2. The van der Waals surface area contributed by atoms with E-state index in [0.717, 1.165) is 26.4 Å². The molecule has 0 atom stereocenters. The van der Waals surface area contributed by atoms with Crippen molar-refractivity contribution in [2.75, 3.05) is 0 Å². The minimum atomic E-state index is -0.645. The van der Waals surface area contributed by atoms with Crippen molar-refractivity contribution in [1.29, 1.82) is 0 Å². The fraction of sp³-hybridized carbons (Fsp3) is 0.0400. The number of hydrogen-bond acceptors (Lipinski definition) is 5. The Hall–Kier alpha value is -3.35. The SMILES string of the molecule is Cc1c(-c2ccc(Cl)cc2)c(=O)oc2cc(OC(=O)c3cc4cc(Br)ccc4o3)ccc12. The van der Waals surface area contributed by atoms with Crippen LogP contribution in [-0.4, -0.2) is 5.97 Å². The Labute approximate surface area is 195 Å². The number of ether oxygens (including phenoxy) is 1. The second-order valence-corrected chi connectivity index (χ2v) is 8.59. The van der Waals surface area contributed by atoms with Crippen LogP contribution in [0.3, 0.4) is 0 Å². The van der Waals surface area contributed by atoms with Crippen molar-refractivity contribution < 1.29 is 18.4 Å². The van der Waals surface area contributed by atoms with Crippen LogP contribution in [0.4, 0.5) is 0 Å². The number of halogens is 2. The van der Waals surface area contributed by atoms with E-state index in [2.05, 4.69) is 15.9 Å². The molecule has 3 aromatic carbocycles. The number of aryl methyl sites for hydroxylation is 1. The summed E-state index contributed by atoms with van der Waals surface area (Å²) < 4.78 is 17.4. The summed E-state index contributed by atoms with van der Waals surface area (Å²) in [6.07, 6.45) is 0. The van der Waals surface area contributed by atoms with Crippen LogP contribution in [0, 0.1) is 6.92 Å². The molecule has 5 aromatic rings. The predicted octanol–water partition coefficient (Wildman–Crippen LogP) is 7.15. The number of carbonyl (C=O) groups is 1. The number of esters is 1. The Morgan fingerprint density at radius 3 is 2.50 bits per heavy atom. The van der Waals surface area contributed by atoms with Gasteiger partial charge in [0.2, 0.25) is 5.76 Å². The van der Waals surface area contributed by atoms with Gasteiger partial charge in [-0.2, -0.15) is 0 Å². The van der Waals surface area contributed by atoms with E-state index in [-0.39, 0.29) is 11.5 Å². The summed E-state index contributed by atoms with van der Waals surface area (Å²) in [5.74, 6) is -0.326. The average molecular weight is 510 g/mol. The van der Waals surface area contributed by atoms with E-state index in [9.17, 15) is 9.59 Å². The molecular weight excluding hydrogens is 496 g/mol. The highest BCUT2D eigenvalue weighted by Crippen LogP contribution is 2.30. The molecular formula is C25H14BrClO5. The molecule has 2 aromatic heterocycles. The van der Waals surface area contributed by atoms with Gasteiger partial charge in [-0.1, -0.05) is 39.7 Å². The number of carbonyl (C=O) groups excluding carboxylic acids is 1. The fourth-order valence-electron chi connectivity index (χ4n) is 3.62. The summed E-state index contributed by atoms with van der Waals surface area (Å²) in [6, 6.07) is 19.0. The lowest BCUT2D eigenvalue weighted by molar-refractivity contribution is 0.0704. The first-order chi connectivity index (χ1) is 15.4. The van der Waals surface area contributed by atoms with Crippen LogP contribution in [0.15, 0.2) is 84.8 Å². The van der Waals surface area contributed by atoms with E-state index in [0.29, 0.717) is 21.8 Å². The molecule has 7 heteroatoms. The maximum absolute atomic E-state index is 12.7. The van der Waals surface area contributed by atoms with Crippen molar-refractivity contribution in [3.63, 3.8) is 0 Å². The molecule has 0 unspecified atom stereocenters. The van der Waals surface area contributed by atoms with Gasteiger partial charge in [-0.05, 0) is 66.6 Å². The first kappa shape index (κ1) is 20.5. The number of hydrogen-bond donors (Lipinski definition) is 0. The van der Waals surface area contributed by atoms with E-state index < -0.39 is 11.6 Å². The van der Waals surface area contributed by atoms with Gasteiger partial charge in [-0.25, -0.2) is 9.59 Å². The van der Waals surface area contributed by atoms with E-state index in [4.69, 9.17) is 25.2 Å². The lowest BCUT2D eigenvalue weighted by Gasteiger charge is -2.09. The quantitative estimate of drug-likeness (QED) is 0.147. The maximum atomic E-state index is 12.7. The van der Waals surface area contributed by atoms with Crippen molar-refractivity contribution in [3.05, 3.63) is 98.0 Å². The Morgan fingerprint density at radius 1 is 0.938 bits per heavy atom. The lowest BCUT2D eigenvalue weighted by Crippen LogP contribution is -2.08. The van der Waals surface area contributed by atoms with Crippen molar-refractivity contribution in [2.45, 2.75) is 6.92 Å². The molecule has 0 spiro atoms. The highest BCUT2D eigenvalue weighted by Gasteiger charge is 2.17. The largest absolute Gasteiger partial charge is 0.449 e. The van der Waals surface area contributed by atoms with Gasteiger partial charge in [-0.3, -0.25) is 0 Å². The van der Waals surface area contributed by atoms with Gasteiger partial charge < -0.3 is 13.6 Å². The minimum absolute atomic E-state index is 0.0777. The zero-order valence-electron chi connectivity index (χ0n) is 16.6. The Bertz CT molecular complexity index is 1560. The van der Waals surface area contributed by atoms with Gasteiger partial charge in [0.05, 0.1) is 5.56 Å². The van der Waals surface area contributed by atoms with Crippen LogP contribution in [0.5, 0.6) is 5.75 Å². The van der Waals surface area contributed by atoms with Gasteiger partial charge in [0.25, 0.3) is 0 Å². The molecule has 32 heavy (non-hydrogen) atoms. The highest BCUT2D eigenvalue weighted by molar-refractivity contribution is 9.10. The summed E-state index contributed by atoms with van der Waals surface area (Å²) in [4.78, 5) is 25.3. The van der Waals surface area contributed by atoms with Crippen molar-refractivity contribution in [2.24, 2.45) is 0 Å². The topological polar surface area (TPSA) is 69.7 Å². The second-order valence-electron chi connectivity index (χ2n) is 7.24. The molecule has 0 bridgehead atoms. The lowest BCUT2D eigenvalue weighted by atomic mass is 10.00. The molecule has 5 nitrogen and oxygen atoms in total. The van der Waals surface area contributed by atoms with Gasteiger partial charge >= 0.3 is 11.6 Å². The third kappa shape index (κ3) is 3.72. The number of benzene rings is 3. The van der Waals surface area contributed by atoms with E-state index >= 15 is 0 Å². The monoisotopic (exact) mass is 508 g/mol. The Morgan fingerprint density at radius 2 is 1.72 bits per heavy atom. The standard InChI is InChI=1S/C25H14BrClO5/c1-13-19-8-7-18(30-24(28)22-11-15-10-16(26)4-9-20(15)31-22)12-21(19)32-25(29)23(13)14-2-5-17(27)6-3-14/h2-12H,1H3. The average Bonchev–Trinajstić information content (AvgIpc) is 3.18. The molecule has 5 rings (SSSR count). The van der Waals surface area contributed by atoms with Crippen LogP contribution in [0.2, 0.25) is 5.02 Å². The second kappa shape index (κ2) is 7.97. The molecule has 0 saturated heterocycles. The summed E-state index contributed by atoms with van der Waals surface area (Å²) >= 11 is 9.35. The molecule has 0 fully saturated rings. The summed E-state index contributed by atoms with van der Waals surface area (Å²) in [5, 5.41) is 2.10. The van der Waals surface area contributed by atoms with E-state index in [1.165, 1.54) is 6.07 Å². The molecule has 0 saturated carbocycles. The molecule has 2 heterocycles. The molecule has 158 valence electrons. The Balaban J connectivity index is 1.49. The molecule has 0 radical (unpaired) electrons. The van der Waals surface area contributed by atoms with Gasteiger partial charge in [0, 0.05) is 26.3 Å². The molecule has 0 N–H and O–H groups in total. The Kier molecular flexibility index (Phi) is 5.12. The fourth-order valence-corrected chi connectivity index (χ4v) is 4.13. The molecule has 0 aliphatic rings. The van der Waals surface area contributed by atoms with E-state index in [1.807, 2.05) is 19.1 Å². The number of fused-ring (bicyclic) bond motifs is 2. The van der Waals surface area contributed by atoms with Crippen molar-refractivity contribution in [3.8, 4) is 16.9 Å². The molecule has 0 aliphatic carbocycles. The molecule has 0 aliphatic heterocycles. The van der Waals surface area contributed by atoms with Crippen LogP contribution in [-0.2, 0) is 0 Å². The third-order valence-corrected chi connectivity index (χ3v) is 5.91.